The van der Waals surface area contributed by atoms with Gasteiger partial charge in [0.2, 0.25) is 0 Å². The third-order valence-electron chi connectivity index (χ3n) is 5.94. The van der Waals surface area contributed by atoms with Crippen molar-refractivity contribution in [3.05, 3.63) is 0 Å². The molecule has 0 spiro atoms. The summed E-state index contributed by atoms with van der Waals surface area (Å²) in [7, 11) is 7.11. The molecule has 0 aliphatic carbocycles. The fourth-order valence-corrected chi connectivity index (χ4v) is 3.97. The average Bonchev–Trinajstić information content (AvgIpc) is 2.58. The minimum absolute atomic E-state index is 0. The number of unbranched alkanes of at least 4 members (excludes halogenated alkanes) is 10. The van der Waals surface area contributed by atoms with Gasteiger partial charge in [0, 0.05) is 7.05 Å². The summed E-state index contributed by atoms with van der Waals surface area (Å²) >= 11 is 0. The van der Waals surface area contributed by atoms with Gasteiger partial charge in [-0.3, -0.25) is 0 Å². The second-order valence-corrected chi connectivity index (χ2v) is 8.69. The smallest absolute Gasteiger partial charge is 0.0957 e. The van der Waals surface area contributed by atoms with Crippen LogP contribution in [-0.2, 0) is 0 Å². The Kier molecular flexibility index (Phi) is 20.3. The van der Waals surface area contributed by atoms with Crippen molar-refractivity contribution >= 4 is 0 Å². The first-order valence-electron chi connectivity index (χ1n) is 11.6. The summed E-state index contributed by atoms with van der Waals surface area (Å²) in [4.78, 5) is 0. The third kappa shape index (κ3) is 14.3. The summed E-state index contributed by atoms with van der Waals surface area (Å²) < 4.78 is 1.04. The molecule has 0 bridgehead atoms. The predicted molar refractivity (Wildman–Crippen MR) is 115 cm³/mol. The van der Waals surface area contributed by atoms with Crippen molar-refractivity contribution in [3.8, 4) is 0 Å². The quantitative estimate of drug-likeness (QED) is 0.192. The summed E-state index contributed by atoms with van der Waals surface area (Å²) in [6.07, 6.45) is 21.1. The van der Waals surface area contributed by atoms with Gasteiger partial charge in [-0.15, -0.1) is 0 Å². The van der Waals surface area contributed by atoms with E-state index in [1.807, 2.05) is 0 Å². The minimum atomic E-state index is 0. The Labute approximate surface area is 173 Å². The fourth-order valence-electron chi connectivity index (χ4n) is 3.97. The molecule has 0 aromatic carbocycles. The molecule has 1 atom stereocenters. The van der Waals surface area contributed by atoms with Gasteiger partial charge in [0.25, 0.3) is 0 Å². The Morgan fingerprint density at radius 2 is 1.04 bits per heavy atom. The maximum atomic E-state index is 2.65. The third-order valence-corrected chi connectivity index (χ3v) is 5.94. The topological polar surface area (TPSA) is 3.24 Å². The lowest BCUT2D eigenvalue weighted by molar-refractivity contribution is -1.00. The van der Waals surface area contributed by atoms with E-state index in [1.165, 1.54) is 103 Å². The normalized spacial score (nSPS) is 13.0. The second kappa shape index (κ2) is 18.6. The van der Waals surface area contributed by atoms with E-state index in [4.69, 9.17) is 0 Å². The summed E-state index contributed by atoms with van der Waals surface area (Å²) in [6.45, 7) is 8.17. The zero-order valence-corrected chi connectivity index (χ0v) is 19.9. The van der Waals surface area contributed by atoms with Gasteiger partial charge >= 0.3 is 0 Å². The lowest BCUT2D eigenvalue weighted by atomic mass is 10.0. The van der Waals surface area contributed by atoms with E-state index in [2.05, 4.69) is 46.9 Å². The Balaban J connectivity index is 0. The summed E-state index contributed by atoms with van der Waals surface area (Å²) in [6, 6.07) is 0.760. The minimum Gasteiger partial charge on any atom is -1.00 e. The van der Waals surface area contributed by atoms with Gasteiger partial charge in [-0.25, -0.2) is 4.59 Å². The molecule has 0 heterocycles. The lowest BCUT2D eigenvalue weighted by Gasteiger charge is -2.42. The van der Waals surface area contributed by atoms with Crippen LogP contribution in [0.15, 0.2) is 0 Å². The number of nitrogens with zero attached hydrogens (tertiary/aromatic N) is 2. The number of hydrogen-bond acceptors (Lipinski definition) is 1. The van der Waals surface area contributed by atoms with Crippen LogP contribution < -0.4 is 12.4 Å². The van der Waals surface area contributed by atoms with E-state index >= 15 is 0 Å². The first-order valence-corrected chi connectivity index (χ1v) is 11.6. The molecule has 0 aromatic rings. The zero-order chi connectivity index (χ0) is 19.0. The van der Waals surface area contributed by atoms with Gasteiger partial charge in [-0.2, -0.15) is 5.01 Å². The highest BCUT2D eigenvalue weighted by atomic mass is 35.5. The number of rotatable bonds is 18. The van der Waals surface area contributed by atoms with E-state index in [1.54, 1.807) is 0 Å². The number of halogens is 1. The van der Waals surface area contributed by atoms with Crippen molar-refractivity contribution in [2.24, 2.45) is 0 Å². The molecule has 0 saturated heterocycles. The highest BCUT2D eigenvalue weighted by Gasteiger charge is 2.27. The van der Waals surface area contributed by atoms with Crippen LogP contribution in [0.4, 0.5) is 0 Å². The molecule has 0 fully saturated rings. The molecular formula is C23H51ClN2. The van der Waals surface area contributed by atoms with Gasteiger partial charge < -0.3 is 12.4 Å². The van der Waals surface area contributed by atoms with Crippen LogP contribution in [0.1, 0.15) is 117 Å². The lowest BCUT2D eigenvalue weighted by Crippen LogP contribution is -3.00. The molecule has 0 aromatic heterocycles. The van der Waals surface area contributed by atoms with Crippen LogP contribution in [0.2, 0.25) is 0 Å². The molecule has 2 nitrogen and oxygen atoms in total. The zero-order valence-electron chi connectivity index (χ0n) is 19.2. The molecule has 26 heavy (non-hydrogen) atoms. The van der Waals surface area contributed by atoms with Crippen LogP contribution in [-0.4, -0.2) is 43.3 Å². The van der Waals surface area contributed by atoms with Gasteiger partial charge in [0.1, 0.15) is 0 Å². The van der Waals surface area contributed by atoms with Gasteiger partial charge in [-0.1, -0.05) is 97.8 Å². The van der Waals surface area contributed by atoms with E-state index in [0.29, 0.717) is 0 Å². The van der Waals surface area contributed by atoms with Crippen molar-refractivity contribution in [2.45, 2.75) is 123 Å². The van der Waals surface area contributed by atoms with Gasteiger partial charge in [-0.05, 0) is 19.3 Å². The Morgan fingerprint density at radius 3 is 1.50 bits per heavy atom. The monoisotopic (exact) mass is 390 g/mol. The van der Waals surface area contributed by atoms with Crippen LogP contribution in [0.25, 0.3) is 0 Å². The van der Waals surface area contributed by atoms with Crippen molar-refractivity contribution < 1.29 is 17.0 Å². The standard InChI is InChI=1S/C23H51N2.ClH/c1-7-10-12-13-14-15-16-17-18-19-21-23(20-11-8-2)24(4)25(5,6)22-9-3;/h23H,7-22H2,1-6H3;1H/q+1;/p-1. The van der Waals surface area contributed by atoms with Gasteiger partial charge in [0.15, 0.2) is 0 Å². The van der Waals surface area contributed by atoms with Crippen molar-refractivity contribution in [1.82, 2.24) is 5.01 Å². The van der Waals surface area contributed by atoms with Crippen LogP contribution in [0, 0.1) is 0 Å². The van der Waals surface area contributed by atoms with Crippen LogP contribution in [0.3, 0.4) is 0 Å². The fraction of sp³-hybridized carbons (Fsp3) is 1.00. The number of quaternary nitrogens is 1. The van der Waals surface area contributed by atoms with E-state index in [9.17, 15) is 0 Å². The van der Waals surface area contributed by atoms with Crippen molar-refractivity contribution in [3.63, 3.8) is 0 Å². The summed E-state index contributed by atoms with van der Waals surface area (Å²) in [5, 5.41) is 2.65. The highest BCUT2D eigenvalue weighted by molar-refractivity contribution is 4.65. The van der Waals surface area contributed by atoms with E-state index in [-0.39, 0.29) is 12.4 Å². The second-order valence-electron chi connectivity index (χ2n) is 8.69. The first-order chi connectivity index (χ1) is 12.0. The first kappa shape index (κ1) is 28.4. The number of hydrogen-bond donors (Lipinski definition) is 0. The molecule has 0 amide bonds. The maximum absolute atomic E-state index is 2.65. The molecule has 0 aliphatic heterocycles. The Morgan fingerprint density at radius 1 is 0.615 bits per heavy atom. The van der Waals surface area contributed by atoms with Crippen molar-refractivity contribution in [1.29, 1.82) is 0 Å². The van der Waals surface area contributed by atoms with Crippen LogP contribution >= 0.6 is 0 Å². The average molecular weight is 391 g/mol. The molecule has 0 N–H and O–H groups in total. The molecular weight excluding hydrogens is 340 g/mol. The Bertz CT molecular complexity index is 281. The largest absolute Gasteiger partial charge is 1.00 e. The van der Waals surface area contributed by atoms with Gasteiger partial charge in [0.05, 0.1) is 26.7 Å². The molecule has 0 saturated carbocycles. The van der Waals surface area contributed by atoms with Crippen LogP contribution in [0.5, 0.6) is 0 Å². The molecule has 0 aliphatic rings. The molecule has 0 radical (unpaired) electrons. The molecule has 160 valence electrons. The Hall–Kier alpha value is 0.210. The van der Waals surface area contributed by atoms with E-state index < -0.39 is 0 Å². The summed E-state index contributed by atoms with van der Waals surface area (Å²) in [5.41, 5.74) is 0. The predicted octanol–water partition coefficient (Wildman–Crippen LogP) is 4.19. The SMILES string of the molecule is CCCCCCCCCCCCC(CCCC)N(C)[N+](C)(C)CCC.[Cl-]. The van der Waals surface area contributed by atoms with E-state index in [0.717, 1.165) is 10.6 Å². The molecule has 1 unspecified atom stereocenters. The molecule has 0 rings (SSSR count). The summed E-state index contributed by atoms with van der Waals surface area (Å²) in [5.74, 6) is 0. The highest BCUT2D eigenvalue weighted by Crippen LogP contribution is 2.20. The maximum Gasteiger partial charge on any atom is 0.0957 e. The molecule has 3 heteroatoms. The van der Waals surface area contributed by atoms with Crippen molar-refractivity contribution in [2.75, 3.05) is 27.7 Å².